The van der Waals surface area contributed by atoms with Crippen LogP contribution in [0.1, 0.15) is 34.1 Å². The third-order valence-electron chi connectivity index (χ3n) is 3.91. The van der Waals surface area contributed by atoms with Gasteiger partial charge < -0.3 is 29.2 Å². The molecule has 0 heterocycles. The van der Waals surface area contributed by atoms with Crippen LogP contribution in [0.15, 0.2) is 48.5 Å². The van der Waals surface area contributed by atoms with Crippen molar-refractivity contribution in [2.45, 2.75) is 13.3 Å². The summed E-state index contributed by atoms with van der Waals surface area (Å²) in [7, 11) is 1.24. The first kappa shape index (κ1) is 27.6. The third kappa shape index (κ3) is 9.81. The number of aliphatic carboxylic acids is 1. The molecule has 0 aliphatic heterocycles. The minimum Gasteiger partial charge on any atom is -0.481 e. The van der Waals surface area contributed by atoms with Crippen molar-refractivity contribution < 1.29 is 53.1 Å². The van der Waals surface area contributed by atoms with Gasteiger partial charge in [0, 0.05) is 6.42 Å². The van der Waals surface area contributed by atoms with Gasteiger partial charge in [-0.2, -0.15) is 0 Å². The molecule has 0 saturated carbocycles. The van der Waals surface area contributed by atoms with Crippen LogP contribution in [-0.2, 0) is 23.9 Å². The van der Waals surface area contributed by atoms with Crippen LogP contribution in [0.4, 0.5) is 0 Å². The second kappa shape index (κ2) is 14.6. The Morgan fingerprint density at radius 3 is 1.82 bits per heavy atom. The molecule has 2 N–H and O–H groups in total. The van der Waals surface area contributed by atoms with Gasteiger partial charge >= 0.3 is 23.9 Å². The van der Waals surface area contributed by atoms with Crippen LogP contribution in [0.25, 0.3) is 0 Å². The van der Waals surface area contributed by atoms with Crippen molar-refractivity contribution in [1.82, 2.24) is 0 Å². The second-order valence-corrected chi connectivity index (χ2v) is 6.31. The second-order valence-electron chi connectivity index (χ2n) is 6.31. The Balaban J connectivity index is 0.000000362. The van der Waals surface area contributed by atoms with Crippen molar-refractivity contribution in [2.75, 3.05) is 26.9 Å². The number of para-hydroxylation sites is 2. The number of carboxylic acid groups (broad SMARTS) is 2. The zero-order valence-corrected chi connectivity index (χ0v) is 18.5. The van der Waals surface area contributed by atoms with Gasteiger partial charge in [0.25, 0.3) is 0 Å². The van der Waals surface area contributed by atoms with Crippen molar-refractivity contribution in [3.8, 4) is 11.5 Å². The fourth-order valence-corrected chi connectivity index (χ4v) is 2.19. The van der Waals surface area contributed by atoms with Gasteiger partial charge in [0.1, 0.15) is 29.2 Å². The molecule has 11 nitrogen and oxygen atoms in total. The summed E-state index contributed by atoms with van der Waals surface area (Å²) in [6.45, 7) is 0.545. The summed E-state index contributed by atoms with van der Waals surface area (Å²) in [6.07, 6.45) is 0.299. The Morgan fingerprint density at radius 2 is 1.29 bits per heavy atom. The van der Waals surface area contributed by atoms with Crippen molar-refractivity contribution >= 4 is 29.7 Å². The van der Waals surface area contributed by atoms with E-state index in [1.807, 2.05) is 0 Å². The SMILES string of the molecule is CCC(=O)COC(=O)c1ccccc1OCC(=O)OC.O=C(O)COc1ccccc1C(=O)O. The Hall–Kier alpha value is -4.41. The van der Waals surface area contributed by atoms with Crippen LogP contribution >= 0.6 is 0 Å². The molecule has 0 aliphatic carbocycles. The van der Waals surface area contributed by atoms with E-state index in [9.17, 15) is 24.0 Å². The monoisotopic (exact) mass is 476 g/mol. The lowest BCUT2D eigenvalue weighted by atomic mass is 10.2. The van der Waals surface area contributed by atoms with Crippen LogP contribution in [0.2, 0.25) is 0 Å². The number of ether oxygens (including phenoxy) is 4. The first-order valence-corrected chi connectivity index (χ1v) is 9.83. The summed E-state index contributed by atoms with van der Waals surface area (Å²) < 4.78 is 19.3. The number of rotatable bonds is 11. The molecular weight excluding hydrogens is 452 g/mol. The predicted molar refractivity (Wildman–Crippen MR) is 116 cm³/mol. The van der Waals surface area contributed by atoms with Gasteiger partial charge in [-0.3, -0.25) is 4.79 Å². The highest BCUT2D eigenvalue weighted by Crippen LogP contribution is 2.19. The maximum Gasteiger partial charge on any atom is 0.343 e. The van der Waals surface area contributed by atoms with Crippen LogP contribution < -0.4 is 9.47 Å². The van der Waals surface area contributed by atoms with Crippen molar-refractivity contribution in [2.24, 2.45) is 0 Å². The van der Waals surface area contributed by atoms with E-state index in [0.717, 1.165) is 0 Å². The van der Waals surface area contributed by atoms with E-state index in [1.165, 1.54) is 37.4 Å². The average molecular weight is 476 g/mol. The molecule has 2 aromatic carbocycles. The highest BCUT2D eigenvalue weighted by Gasteiger charge is 2.16. The Bertz CT molecular complexity index is 1010. The Morgan fingerprint density at radius 1 is 0.765 bits per heavy atom. The highest BCUT2D eigenvalue weighted by atomic mass is 16.6. The van der Waals surface area contributed by atoms with E-state index in [-0.39, 0.29) is 41.6 Å². The number of esters is 2. The number of carbonyl (C=O) groups excluding carboxylic acids is 3. The van der Waals surface area contributed by atoms with E-state index in [1.54, 1.807) is 25.1 Å². The third-order valence-corrected chi connectivity index (χ3v) is 3.91. The highest BCUT2D eigenvalue weighted by molar-refractivity contribution is 5.94. The van der Waals surface area contributed by atoms with Crippen molar-refractivity contribution in [3.63, 3.8) is 0 Å². The normalized spacial score (nSPS) is 9.59. The molecule has 0 spiro atoms. The Labute approximate surface area is 194 Å². The molecule has 0 aliphatic rings. The quantitative estimate of drug-likeness (QED) is 0.457. The molecule has 2 aromatic rings. The summed E-state index contributed by atoms with van der Waals surface area (Å²) in [4.78, 5) is 54.8. The van der Waals surface area contributed by atoms with Crippen LogP contribution in [0, 0.1) is 0 Å². The van der Waals surface area contributed by atoms with E-state index < -0.39 is 30.5 Å². The molecule has 11 heteroatoms. The zero-order chi connectivity index (χ0) is 25.5. The van der Waals surface area contributed by atoms with E-state index in [0.29, 0.717) is 6.42 Å². The lowest BCUT2D eigenvalue weighted by molar-refractivity contribution is -0.143. The molecule has 182 valence electrons. The van der Waals surface area contributed by atoms with Crippen molar-refractivity contribution in [1.29, 1.82) is 0 Å². The summed E-state index contributed by atoms with van der Waals surface area (Å²) in [6, 6.07) is 12.2. The van der Waals surface area contributed by atoms with E-state index >= 15 is 0 Å². The van der Waals surface area contributed by atoms with Gasteiger partial charge in [0.15, 0.2) is 19.0 Å². The maximum atomic E-state index is 11.8. The molecule has 0 radical (unpaired) electrons. The fourth-order valence-electron chi connectivity index (χ4n) is 2.19. The lowest BCUT2D eigenvalue weighted by Crippen LogP contribution is -2.16. The molecular formula is C23H24O11. The molecule has 0 amide bonds. The van der Waals surface area contributed by atoms with Crippen molar-refractivity contribution in [3.05, 3.63) is 59.7 Å². The van der Waals surface area contributed by atoms with E-state index in [2.05, 4.69) is 4.74 Å². The molecule has 2 rings (SSSR count). The van der Waals surface area contributed by atoms with Gasteiger partial charge in [-0.25, -0.2) is 19.2 Å². The fraction of sp³-hybridized carbons (Fsp3) is 0.261. The van der Waals surface area contributed by atoms with Crippen LogP contribution in [-0.4, -0.2) is 66.8 Å². The molecule has 34 heavy (non-hydrogen) atoms. The first-order valence-electron chi connectivity index (χ1n) is 9.83. The predicted octanol–water partition coefficient (Wildman–Crippen LogP) is 2.22. The molecule has 0 fully saturated rings. The number of carboxylic acids is 2. The summed E-state index contributed by atoms with van der Waals surface area (Å²) in [5.41, 5.74) is 0.106. The Kier molecular flexibility index (Phi) is 11.9. The standard InChI is InChI=1S/C14H16O6.C9H8O5/c1-3-10(15)8-20-14(17)11-6-4-5-7-12(11)19-9-13(16)18-2;10-8(11)5-14-7-4-2-1-3-6(7)9(12)13/h4-7H,3,8-9H2,1-2H3;1-4H,5H2,(H,10,11)(H,12,13). The number of Topliss-reactive ketones (excluding diaryl/α,β-unsaturated/α-hetero) is 1. The van der Waals surface area contributed by atoms with Gasteiger partial charge in [-0.05, 0) is 24.3 Å². The summed E-state index contributed by atoms with van der Waals surface area (Å²) >= 11 is 0. The number of hydrogen-bond acceptors (Lipinski definition) is 9. The minimum atomic E-state index is -1.15. The summed E-state index contributed by atoms with van der Waals surface area (Å²) in [5.74, 6) is -3.45. The molecule has 0 saturated heterocycles. The number of aromatic carboxylic acids is 1. The maximum absolute atomic E-state index is 11.8. The summed E-state index contributed by atoms with van der Waals surface area (Å²) in [5, 5.41) is 17.0. The zero-order valence-electron chi connectivity index (χ0n) is 18.5. The van der Waals surface area contributed by atoms with Gasteiger partial charge in [-0.1, -0.05) is 31.2 Å². The number of methoxy groups -OCH3 is 1. The number of hydrogen-bond donors (Lipinski definition) is 2. The molecule has 0 bridgehead atoms. The van der Waals surface area contributed by atoms with Gasteiger partial charge in [0.05, 0.1) is 7.11 Å². The number of carbonyl (C=O) groups is 5. The smallest absolute Gasteiger partial charge is 0.343 e. The largest absolute Gasteiger partial charge is 0.481 e. The number of ketones is 1. The molecule has 0 atom stereocenters. The number of benzene rings is 2. The topological polar surface area (TPSA) is 163 Å². The van der Waals surface area contributed by atoms with Crippen LogP contribution in [0.3, 0.4) is 0 Å². The first-order chi connectivity index (χ1) is 16.2. The molecule has 0 unspecified atom stereocenters. The van der Waals surface area contributed by atoms with Gasteiger partial charge in [0.2, 0.25) is 0 Å². The minimum absolute atomic E-state index is 0.0475. The van der Waals surface area contributed by atoms with Gasteiger partial charge in [-0.15, -0.1) is 0 Å². The average Bonchev–Trinajstić information content (AvgIpc) is 2.84. The van der Waals surface area contributed by atoms with Crippen LogP contribution in [0.5, 0.6) is 11.5 Å². The lowest BCUT2D eigenvalue weighted by Gasteiger charge is -2.10. The van der Waals surface area contributed by atoms with E-state index in [4.69, 9.17) is 24.4 Å². The molecule has 0 aromatic heterocycles.